The second-order valence-electron chi connectivity index (χ2n) is 5.96. The molecule has 0 bridgehead atoms. The number of allylic oxidation sites excluding steroid dienone is 2. The van der Waals surface area contributed by atoms with E-state index >= 15 is 0 Å². The fourth-order valence-electron chi connectivity index (χ4n) is 3.53. The summed E-state index contributed by atoms with van der Waals surface area (Å²) < 4.78 is 11.5. The van der Waals surface area contributed by atoms with Gasteiger partial charge in [-0.15, -0.1) is 0 Å². The van der Waals surface area contributed by atoms with Crippen LogP contribution < -0.4 is 11.1 Å². The highest BCUT2D eigenvalue weighted by Crippen LogP contribution is 2.40. The molecule has 2 heterocycles. The Kier molecular flexibility index (Phi) is 4.13. The van der Waals surface area contributed by atoms with Crippen molar-refractivity contribution < 1.29 is 29.0 Å². The van der Waals surface area contributed by atoms with Gasteiger partial charge >= 0.3 is 6.09 Å². The summed E-state index contributed by atoms with van der Waals surface area (Å²) in [4.78, 5) is 36.6. The molecule has 9 nitrogen and oxygen atoms in total. The predicted octanol–water partition coefficient (Wildman–Crippen LogP) is 0.0178. The maximum Gasteiger partial charge on any atom is 0.404 e. The summed E-state index contributed by atoms with van der Waals surface area (Å²) in [6.45, 7) is 1.51. The van der Waals surface area contributed by atoms with Crippen molar-refractivity contribution in [1.29, 1.82) is 0 Å². The quantitative estimate of drug-likeness (QED) is 0.698. The molecule has 9 heteroatoms. The second kappa shape index (κ2) is 6.01. The number of primary amides is 1. The number of aliphatic hydroxyl groups excluding tert-OH is 1. The fraction of sp³-hybridized carbons (Fsp3) is 0.438. The van der Waals surface area contributed by atoms with Gasteiger partial charge in [0.15, 0.2) is 5.76 Å². The first-order valence-electron chi connectivity index (χ1n) is 7.70. The Balaban J connectivity index is 2.23. The highest BCUT2D eigenvalue weighted by molar-refractivity contribution is 6.26. The van der Waals surface area contributed by atoms with E-state index in [4.69, 9.17) is 15.2 Å². The van der Waals surface area contributed by atoms with Crippen LogP contribution in [0.15, 0.2) is 11.3 Å². The van der Waals surface area contributed by atoms with Crippen LogP contribution in [0.2, 0.25) is 0 Å². The lowest BCUT2D eigenvalue weighted by atomic mass is 9.90. The normalized spacial score (nSPS) is 22.1. The Morgan fingerprint density at radius 2 is 2.08 bits per heavy atom. The highest BCUT2D eigenvalue weighted by atomic mass is 16.5. The average molecular weight is 349 g/mol. The molecule has 4 N–H and O–H groups in total. The number of carbonyl (C=O) groups excluding carboxylic acids is 3. The lowest BCUT2D eigenvalue weighted by molar-refractivity contribution is 0.0897. The van der Waals surface area contributed by atoms with Crippen molar-refractivity contribution in [2.24, 2.45) is 5.73 Å². The summed E-state index contributed by atoms with van der Waals surface area (Å²) in [5.41, 5.74) is 6.15. The number of nitrogens with one attached hydrogen (secondary N) is 1. The number of ether oxygens (including phenoxy) is 2. The van der Waals surface area contributed by atoms with Crippen LogP contribution in [0.1, 0.15) is 45.1 Å². The van der Waals surface area contributed by atoms with E-state index in [1.54, 1.807) is 11.6 Å². The molecule has 134 valence electrons. The number of Topliss-reactive ketones (excluding diaryl/α,β-unsaturated/α-hetero) is 2. The first kappa shape index (κ1) is 17.2. The summed E-state index contributed by atoms with van der Waals surface area (Å²) in [5.74, 6) is -0.892. The monoisotopic (exact) mass is 349 g/mol. The Morgan fingerprint density at radius 3 is 2.64 bits per heavy atom. The molecule has 0 saturated heterocycles. The number of nitrogens with two attached hydrogens (primary N) is 1. The number of aliphatic hydroxyl groups is 1. The Bertz CT molecular complexity index is 822. The summed E-state index contributed by atoms with van der Waals surface area (Å²) in [6.07, 6.45) is -1.98. The van der Waals surface area contributed by atoms with Gasteiger partial charge in [-0.1, -0.05) is 0 Å². The predicted molar refractivity (Wildman–Crippen MR) is 85.0 cm³/mol. The largest absolute Gasteiger partial charge is 0.492 e. The molecular formula is C16H19N3O6. The number of methoxy groups -OCH3 is 1. The summed E-state index contributed by atoms with van der Waals surface area (Å²) in [5, 5.41) is 13.5. The van der Waals surface area contributed by atoms with Crippen molar-refractivity contribution in [2.75, 3.05) is 14.2 Å². The number of rotatable bonds is 4. The standard InChI is InChI=1S/C16H19N3O6/c1-6-12(20)11-9(14(22)15(6)24-3)7(5-25-16(17)23)10-13(21)8(18-2)4-19(10)11/h8,13,18,21H,4-5H2,1-3H3,(H2,17,23). The van der Waals surface area contributed by atoms with Gasteiger partial charge in [0.1, 0.15) is 18.4 Å². The number of amides is 1. The SMILES string of the molecule is CNC1Cn2c3c(c(COC(N)=O)c2C1O)C(=O)C(OC)=C(C)C3=O. The molecule has 2 aliphatic rings. The van der Waals surface area contributed by atoms with E-state index in [1.165, 1.54) is 14.0 Å². The first-order chi connectivity index (χ1) is 11.8. The smallest absolute Gasteiger partial charge is 0.404 e. The van der Waals surface area contributed by atoms with Crippen LogP contribution >= 0.6 is 0 Å². The molecule has 1 aromatic heterocycles. The Morgan fingerprint density at radius 1 is 1.40 bits per heavy atom. The van der Waals surface area contributed by atoms with Crippen LogP contribution in [0.25, 0.3) is 0 Å². The first-order valence-corrected chi connectivity index (χ1v) is 7.70. The van der Waals surface area contributed by atoms with Crippen molar-refractivity contribution in [3.05, 3.63) is 33.8 Å². The van der Waals surface area contributed by atoms with Crippen molar-refractivity contribution in [3.63, 3.8) is 0 Å². The molecule has 1 aliphatic heterocycles. The number of nitrogens with zero attached hydrogens (tertiary/aromatic N) is 1. The molecular weight excluding hydrogens is 330 g/mol. The topological polar surface area (TPSA) is 133 Å². The molecule has 1 amide bonds. The zero-order chi connectivity index (χ0) is 18.5. The van der Waals surface area contributed by atoms with E-state index in [2.05, 4.69) is 5.32 Å². The van der Waals surface area contributed by atoms with Gasteiger partial charge in [0.2, 0.25) is 11.6 Å². The maximum absolute atomic E-state index is 12.8. The van der Waals surface area contributed by atoms with Crippen LogP contribution in [-0.4, -0.2) is 47.5 Å². The Labute approximate surface area is 143 Å². The summed E-state index contributed by atoms with van der Waals surface area (Å²) in [6, 6.07) is -0.330. The molecule has 2 unspecified atom stereocenters. The van der Waals surface area contributed by atoms with Gasteiger partial charge in [-0.2, -0.15) is 0 Å². The van der Waals surface area contributed by atoms with Crippen LogP contribution in [0.5, 0.6) is 0 Å². The number of ketones is 2. The molecule has 0 fully saturated rings. The number of fused-ring (bicyclic) bond motifs is 3. The summed E-state index contributed by atoms with van der Waals surface area (Å²) >= 11 is 0. The number of likely N-dealkylation sites (N-methyl/N-ethyl adjacent to an activating group) is 1. The number of carbonyl (C=O) groups is 3. The molecule has 1 aliphatic carbocycles. The van der Waals surface area contributed by atoms with Gasteiger partial charge in [-0.05, 0) is 14.0 Å². The van der Waals surface area contributed by atoms with Gasteiger partial charge in [0.25, 0.3) is 0 Å². The van der Waals surface area contributed by atoms with E-state index in [-0.39, 0.29) is 46.6 Å². The van der Waals surface area contributed by atoms with Gasteiger partial charge in [0, 0.05) is 17.7 Å². The van der Waals surface area contributed by atoms with Crippen molar-refractivity contribution in [1.82, 2.24) is 9.88 Å². The van der Waals surface area contributed by atoms with E-state index in [9.17, 15) is 19.5 Å². The van der Waals surface area contributed by atoms with E-state index < -0.39 is 18.0 Å². The lowest BCUT2D eigenvalue weighted by Gasteiger charge is -2.19. The minimum atomic E-state index is -1.01. The zero-order valence-corrected chi connectivity index (χ0v) is 14.1. The highest BCUT2D eigenvalue weighted by Gasteiger charge is 2.44. The van der Waals surface area contributed by atoms with Gasteiger partial charge in [0.05, 0.1) is 24.4 Å². The van der Waals surface area contributed by atoms with Crippen LogP contribution in [0.4, 0.5) is 4.79 Å². The molecule has 25 heavy (non-hydrogen) atoms. The minimum Gasteiger partial charge on any atom is -0.492 e. The van der Waals surface area contributed by atoms with Crippen LogP contribution in [-0.2, 0) is 22.6 Å². The molecule has 1 aromatic rings. The minimum absolute atomic E-state index is 0.0539. The number of hydrogen-bond donors (Lipinski definition) is 3. The zero-order valence-electron chi connectivity index (χ0n) is 14.1. The molecule has 3 rings (SSSR count). The third kappa shape index (κ3) is 2.35. The van der Waals surface area contributed by atoms with Gasteiger partial charge < -0.3 is 30.2 Å². The third-order valence-corrected chi connectivity index (χ3v) is 4.71. The van der Waals surface area contributed by atoms with Crippen molar-refractivity contribution in [3.8, 4) is 0 Å². The van der Waals surface area contributed by atoms with Crippen LogP contribution in [0.3, 0.4) is 0 Å². The fourth-order valence-corrected chi connectivity index (χ4v) is 3.53. The molecule has 0 saturated carbocycles. The average Bonchev–Trinajstić information content (AvgIpc) is 3.06. The molecule has 0 spiro atoms. The summed E-state index contributed by atoms with van der Waals surface area (Å²) in [7, 11) is 3.00. The van der Waals surface area contributed by atoms with Crippen molar-refractivity contribution in [2.45, 2.75) is 32.2 Å². The Hall–Kier alpha value is -2.65. The van der Waals surface area contributed by atoms with E-state index in [0.29, 0.717) is 12.2 Å². The second-order valence-corrected chi connectivity index (χ2v) is 5.96. The van der Waals surface area contributed by atoms with Gasteiger partial charge in [-0.3, -0.25) is 9.59 Å². The number of hydrogen-bond acceptors (Lipinski definition) is 7. The van der Waals surface area contributed by atoms with Crippen LogP contribution in [0, 0.1) is 0 Å². The van der Waals surface area contributed by atoms with E-state index in [0.717, 1.165) is 0 Å². The van der Waals surface area contributed by atoms with E-state index in [1.807, 2.05) is 0 Å². The maximum atomic E-state index is 12.8. The number of aromatic nitrogens is 1. The third-order valence-electron chi connectivity index (χ3n) is 4.71. The van der Waals surface area contributed by atoms with Gasteiger partial charge in [-0.25, -0.2) is 4.79 Å². The molecule has 0 radical (unpaired) electrons. The van der Waals surface area contributed by atoms with Crippen molar-refractivity contribution >= 4 is 17.7 Å². The molecule has 2 atom stereocenters. The lowest BCUT2D eigenvalue weighted by Crippen LogP contribution is -2.32. The molecule has 0 aromatic carbocycles.